The highest BCUT2D eigenvalue weighted by Crippen LogP contribution is 2.29. The molecule has 1 aromatic rings. The van der Waals surface area contributed by atoms with E-state index in [2.05, 4.69) is 47.2 Å². The zero-order valence-corrected chi connectivity index (χ0v) is 12.1. The summed E-state index contributed by atoms with van der Waals surface area (Å²) < 4.78 is 1.04. The Hall–Kier alpha value is -0.540. The van der Waals surface area contributed by atoms with Crippen molar-refractivity contribution in [2.75, 3.05) is 5.32 Å². The molecule has 1 atom stereocenters. The summed E-state index contributed by atoms with van der Waals surface area (Å²) in [5, 5.41) is 13.3. The van der Waals surface area contributed by atoms with Crippen LogP contribution in [0.25, 0.3) is 0 Å². The topological polar surface area (TPSA) is 32.3 Å². The Morgan fingerprint density at radius 3 is 2.31 bits per heavy atom. The standard InChI is InChI=1S/C13H20BrNO/c1-8-6-9(2)12(11(14)7-8)15-10(3)13(4,5)16/h6-7,10,15-16H,1-5H3. The maximum atomic E-state index is 9.91. The molecule has 3 heteroatoms. The quantitative estimate of drug-likeness (QED) is 0.889. The first-order valence-corrected chi connectivity index (χ1v) is 6.26. The number of benzene rings is 1. The monoisotopic (exact) mass is 285 g/mol. The van der Waals surface area contributed by atoms with E-state index in [1.54, 1.807) is 0 Å². The van der Waals surface area contributed by atoms with Crippen LogP contribution in [0.4, 0.5) is 5.69 Å². The largest absolute Gasteiger partial charge is 0.388 e. The molecule has 1 aromatic carbocycles. The number of halogens is 1. The summed E-state index contributed by atoms with van der Waals surface area (Å²) in [7, 11) is 0. The highest BCUT2D eigenvalue weighted by Gasteiger charge is 2.23. The first-order chi connectivity index (χ1) is 7.21. The van der Waals surface area contributed by atoms with Gasteiger partial charge in [0.15, 0.2) is 0 Å². The molecule has 0 aliphatic heterocycles. The number of anilines is 1. The Morgan fingerprint density at radius 1 is 1.31 bits per heavy atom. The van der Waals surface area contributed by atoms with Gasteiger partial charge in [-0.25, -0.2) is 0 Å². The van der Waals surface area contributed by atoms with Crippen LogP contribution >= 0.6 is 15.9 Å². The summed E-state index contributed by atoms with van der Waals surface area (Å²) in [6.45, 7) is 9.73. The van der Waals surface area contributed by atoms with Crippen molar-refractivity contribution in [1.29, 1.82) is 0 Å². The van der Waals surface area contributed by atoms with Crippen molar-refractivity contribution in [2.24, 2.45) is 0 Å². The molecule has 16 heavy (non-hydrogen) atoms. The number of aliphatic hydroxyl groups is 1. The zero-order valence-electron chi connectivity index (χ0n) is 10.6. The molecule has 0 fully saturated rings. The van der Waals surface area contributed by atoms with Crippen LogP contribution in [0.3, 0.4) is 0 Å². The van der Waals surface area contributed by atoms with Gasteiger partial charge >= 0.3 is 0 Å². The smallest absolute Gasteiger partial charge is 0.0789 e. The third-order valence-corrected chi connectivity index (χ3v) is 3.48. The molecule has 2 N–H and O–H groups in total. The fraction of sp³-hybridized carbons (Fsp3) is 0.538. The van der Waals surface area contributed by atoms with Crippen molar-refractivity contribution in [1.82, 2.24) is 0 Å². The number of rotatable bonds is 3. The average molecular weight is 286 g/mol. The third-order valence-electron chi connectivity index (χ3n) is 2.85. The summed E-state index contributed by atoms with van der Waals surface area (Å²) in [6.07, 6.45) is 0. The molecule has 1 unspecified atom stereocenters. The molecule has 0 aliphatic carbocycles. The van der Waals surface area contributed by atoms with Crippen LogP contribution in [0.2, 0.25) is 0 Å². The van der Waals surface area contributed by atoms with Crippen molar-refractivity contribution < 1.29 is 5.11 Å². The molecule has 0 saturated carbocycles. The number of aryl methyl sites for hydroxylation is 2. The SMILES string of the molecule is Cc1cc(C)c(NC(C)C(C)(C)O)c(Br)c1. The van der Waals surface area contributed by atoms with E-state index in [0.29, 0.717) is 0 Å². The Morgan fingerprint density at radius 2 is 1.88 bits per heavy atom. The minimum absolute atomic E-state index is 0.00907. The van der Waals surface area contributed by atoms with Gasteiger partial charge in [-0.2, -0.15) is 0 Å². The summed E-state index contributed by atoms with van der Waals surface area (Å²) in [6, 6.07) is 4.20. The second kappa shape index (κ2) is 4.76. The normalized spacial score (nSPS) is 13.7. The van der Waals surface area contributed by atoms with E-state index < -0.39 is 5.60 Å². The van der Waals surface area contributed by atoms with Crippen molar-refractivity contribution >= 4 is 21.6 Å². The Bertz CT molecular complexity index is 359. The third kappa shape index (κ3) is 3.22. The Kier molecular flexibility index (Phi) is 4.02. The van der Waals surface area contributed by atoms with E-state index in [1.807, 2.05) is 20.8 Å². The fourth-order valence-electron chi connectivity index (χ4n) is 1.49. The molecule has 0 radical (unpaired) electrons. The molecule has 0 amide bonds. The van der Waals surface area contributed by atoms with Gasteiger partial charge < -0.3 is 10.4 Å². The molecular weight excluding hydrogens is 266 g/mol. The lowest BCUT2D eigenvalue weighted by atomic mass is 10.00. The lowest BCUT2D eigenvalue weighted by Gasteiger charge is -2.29. The highest BCUT2D eigenvalue weighted by molar-refractivity contribution is 9.10. The van der Waals surface area contributed by atoms with Gasteiger partial charge in [0.05, 0.1) is 17.3 Å². The molecule has 1 rings (SSSR count). The average Bonchev–Trinajstić information content (AvgIpc) is 2.08. The summed E-state index contributed by atoms with van der Waals surface area (Å²) in [5.41, 5.74) is 2.73. The number of hydrogen-bond acceptors (Lipinski definition) is 2. The summed E-state index contributed by atoms with van der Waals surface area (Å²) in [4.78, 5) is 0. The van der Waals surface area contributed by atoms with Gasteiger partial charge in [0.2, 0.25) is 0 Å². The van der Waals surface area contributed by atoms with Crippen LogP contribution in [-0.4, -0.2) is 16.7 Å². The molecule has 0 spiro atoms. The fourth-order valence-corrected chi connectivity index (χ4v) is 2.28. The first kappa shape index (κ1) is 13.5. The number of hydrogen-bond donors (Lipinski definition) is 2. The highest BCUT2D eigenvalue weighted by atomic mass is 79.9. The van der Waals surface area contributed by atoms with E-state index in [9.17, 15) is 5.11 Å². The molecular formula is C13H20BrNO. The van der Waals surface area contributed by atoms with Crippen molar-refractivity contribution in [3.63, 3.8) is 0 Å². The van der Waals surface area contributed by atoms with E-state index in [-0.39, 0.29) is 6.04 Å². The molecule has 90 valence electrons. The molecule has 0 bridgehead atoms. The first-order valence-electron chi connectivity index (χ1n) is 5.47. The summed E-state index contributed by atoms with van der Waals surface area (Å²) >= 11 is 3.55. The van der Waals surface area contributed by atoms with Gasteiger partial charge in [0, 0.05) is 4.47 Å². The van der Waals surface area contributed by atoms with Crippen molar-refractivity contribution in [3.05, 3.63) is 27.7 Å². The maximum Gasteiger partial charge on any atom is 0.0789 e. The Balaban J connectivity index is 2.98. The number of nitrogens with one attached hydrogen (secondary N) is 1. The maximum absolute atomic E-state index is 9.91. The van der Waals surface area contributed by atoms with Gasteiger partial charge in [-0.1, -0.05) is 6.07 Å². The molecule has 0 saturated heterocycles. The van der Waals surface area contributed by atoms with E-state index in [1.165, 1.54) is 11.1 Å². The van der Waals surface area contributed by atoms with Gasteiger partial charge in [0.1, 0.15) is 0 Å². The van der Waals surface area contributed by atoms with Crippen LogP contribution in [-0.2, 0) is 0 Å². The van der Waals surface area contributed by atoms with E-state index >= 15 is 0 Å². The van der Waals surface area contributed by atoms with Crippen LogP contribution in [0.1, 0.15) is 31.9 Å². The van der Waals surface area contributed by atoms with E-state index in [4.69, 9.17) is 0 Å². The van der Waals surface area contributed by atoms with Crippen molar-refractivity contribution in [2.45, 2.75) is 46.3 Å². The second-order valence-corrected chi connectivity index (χ2v) is 5.81. The molecule has 0 aromatic heterocycles. The predicted octanol–water partition coefficient (Wildman–Crippen LogP) is 3.64. The molecule has 0 aliphatic rings. The van der Waals surface area contributed by atoms with Gasteiger partial charge in [-0.3, -0.25) is 0 Å². The van der Waals surface area contributed by atoms with E-state index in [0.717, 1.165) is 10.2 Å². The minimum atomic E-state index is -0.739. The van der Waals surface area contributed by atoms with Gasteiger partial charge in [-0.05, 0) is 67.7 Å². The van der Waals surface area contributed by atoms with Crippen LogP contribution < -0.4 is 5.32 Å². The van der Waals surface area contributed by atoms with Crippen LogP contribution in [0, 0.1) is 13.8 Å². The lowest BCUT2D eigenvalue weighted by Crippen LogP contribution is -2.39. The molecule has 0 heterocycles. The zero-order chi connectivity index (χ0) is 12.5. The van der Waals surface area contributed by atoms with Crippen LogP contribution in [0.5, 0.6) is 0 Å². The van der Waals surface area contributed by atoms with Crippen molar-refractivity contribution in [3.8, 4) is 0 Å². The molecule has 2 nitrogen and oxygen atoms in total. The van der Waals surface area contributed by atoms with Crippen LogP contribution in [0.15, 0.2) is 16.6 Å². The second-order valence-electron chi connectivity index (χ2n) is 4.96. The lowest BCUT2D eigenvalue weighted by molar-refractivity contribution is 0.0649. The van der Waals surface area contributed by atoms with Gasteiger partial charge in [-0.15, -0.1) is 0 Å². The minimum Gasteiger partial charge on any atom is -0.388 e. The Labute approximate surface area is 106 Å². The van der Waals surface area contributed by atoms with Gasteiger partial charge in [0.25, 0.3) is 0 Å². The predicted molar refractivity (Wildman–Crippen MR) is 73.0 cm³/mol. The summed E-state index contributed by atoms with van der Waals surface area (Å²) in [5.74, 6) is 0.